The highest BCUT2D eigenvalue weighted by molar-refractivity contribution is 14.0. The highest BCUT2D eigenvalue weighted by Gasteiger charge is 2.35. The van der Waals surface area contributed by atoms with Crippen LogP contribution < -0.4 is 15.4 Å². The van der Waals surface area contributed by atoms with E-state index in [4.69, 9.17) is 13.9 Å². The van der Waals surface area contributed by atoms with Crippen molar-refractivity contribution in [3.8, 4) is 5.75 Å². The van der Waals surface area contributed by atoms with Gasteiger partial charge >= 0.3 is 0 Å². The zero-order valence-electron chi connectivity index (χ0n) is 20.1. The second-order valence-corrected chi connectivity index (χ2v) is 8.58. The fraction of sp³-hybridized carbons (Fsp3) is 0.560. The predicted molar refractivity (Wildman–Crippen MR) is 142 cm³/mol. The Bertz CT molecular complexity index is 874. The molecule has 1 aromatic carbocycles. The standard InChI is InChI=1S/C25H37N3O4.HI/c1-5-26-23(27-17-24(4,29)22-12-7-19(3)32-22)28-18-25(13-15-30-16-14-25)20-8-10-21(11-9-20)31-6-2;/h7-12,29H,5-6,13-18H2,1-4H3,(H2,26,27,28);1H. The van der Waals surface area contributed by atoms with Crippen LogP contribution in [-0.2, 0) is 15.8 Å². The number of nitrogens with one attached hydrogen (secondary N) is 2. The summed E-state index contributed by atoms with van der Waals surface area (Å²) < 4.78 is 16.9. The average Bonchev–Trinajstić information content (AvgIpc) is 3.24. The molecule has 2 heterocycles. The summed E-state index contributed by atoms with van der Waals surface area (Å²) in [5.74, 6) is 2.85. The maximum absolute atomic E-state index is 10.8. The van der Waals surface area contributed by atoms with Gasteiger partial charge in [-0.3, -0.25) is 0 Å². The van der Waals surface area contributed by atoms with Crippen molar-refractivity contribution < 1.29 is 19.0 Å². The van der Waals surface area contributed by atoms with Gasteiger partial charge in [-0.05, 0) is 70.4 Å². The number of ether oxygens (including phenoxy) is 2. The molecular weight excluding hydrogens is 533 g/mol. The van der Waals surface area contributed by atoms with Crippen LogP contribution in [0, 0.1) is 6.92 Å². The minimum Gasteiger partial charge on any atom is -0.494 e. The molecule has 1 unspecified atom stereocenters. The van der Waals surface area contributed by atoms with Gasteiger partial charge in [0.1, 0.15) is 22.9 Å². The molecule has 3 rings (SSSR count). The van der Waals surface area contributed by atoms with E-state index in [1.54, 1.807) is 13.0 Å². The summed E-state index contributed by atoms with van der Waals surface area (Å²) in [6, 6.07) is 12.0. The summed E-state index contributed by atoms with van der Waals surface area (Å²) in [4.78, 5) is 4.65. The number of aliphatic hydroxyl groups is 1. The maximum Gasteiger partial charge on any atom is 0.191 e. The van der Waals surface area contributed by atoms with Gasteiger partial charge in [0.2, 0.25) is 0 Å². The number of aliphatic imine (C=N–C) groups is 1. The third-order valence-corrected chi connectivity index (χ3v) is 5.98. The fourth-order valence-electron chi connectivity index (χ4n) is 4.03. The minimum atomic E-state index is -1.18. The van der Waals surface area contributed by atoms with E-state index < -0.39 is 5.60 Å². The summed E-state index contributed by atoms with van der Waals surface area (Å²) in [5, 5.41) is 17.6. The lowest BCUT2D eigenvalue weighted by Gasteiger charge is -2.38. The first-order valence-corrected chi connectivity index (χ1v) is 11.5. The Labute approximate surface area is 214 Å². The Morgan fingerprint density at radius 3 is 2.39 bits per heavy atom. The zero-order chi connectivity index (χ0) is 23.0. The highest BCUT2D eigenvalue weighted by atomic mass is 127. The summed E-state index contributed by atoms with van der Waals surface area (Å²) in [6.07, 6.45) is 1.85. The molecule has 2 aromatic rings. The van der Waals surface area contributed by atoms with Gasteiger partial charge in [-0.25, -0.2) is 4.99 Å². The quantitative estimate of drug-likeness (QED) is 0.239. The van der Waals surface area contributed by atoms with Crippen LogP contribution in [0.3, 0.4) is 0 Å². The molecule has 0 radical (unpaired) electrons. The first-order valence-electron chi connectivity index (χ1n) is 11.5. The van der Waals surface area contributed by atoms with Crippen LogP contribution in [-0.4, -0.2) is 50.5 Å². The summed E-state index contributed by atoms with van der Waals surface area (Å²) in [6.45, 7) is 11.4. The molecule has 1 aliphatic rings. The molecule has 0 saturated carbocycles. The van der Waals surface area contributed by atoms with Crippen molar-refractivity contribution in [3.63, 3.8) is 0 Å². The molecule has 33 heavy (non-hydrogen) atoms. The Morgan fingerprint density at radius 1 is 1.12 bits per heavy atom. The van der Waals surface area contributed by atoms with Crippen LogP contribution >= 0.6 is 24.0 Å². The molecule has 0 amide bonds. The van der Waals surface area contributed by atoms with Crippen LogP contribution in [0.25, 0.3) is 0 Å². The van der Waals surface area contributed by atoms with E-state index in [0.717, 1.165) is 50.7 Å². The Hall–Kier alpha value is -1.78. The molecule has 8 heteroatoms. The van der Waals surface area contributed by atoms with E-state index in [2.05, 4.69) is 27.8 Å². The van der Waals surface area contributed by atoms with Crippen LogP contribution in [0.15, 0.2) is 45.8 Å². The van der Waals surface area contributed by atoms with Gasteiger partial charge in [0.15, 0.2) is 5.96 Å². The third kappa shape index (κ3) is 7.35. The molecule has 7 nitrogen and oxygen atoms in total. The smallest absolute Gasteiger partial charge is 0.191 e. The van der Waals surface area contributed by atoms with Crippen molar-refractivity contribution in [1.82, 2.24) is 10.6 Å². The van der Waals surface area contributed by atoms with Crippen molar-refractivity contribution in [3.05, 3.63) is 53.5 Å². The zero-order valence-corrected chi connectivity index (χ0v) is 22.5. The topological polar surface area (TPSA) is 88.3 Å². The molecule has 1 fully saturated rings. The highest BCUT2D eigenvalue weighted by Crippen LogP contribution is 2.35. The van der Waals surface area contributed by atoms with Crippen LogP contribution in [0.2, 0.25) is 0 Å². The number of rotatable bonds is 9. The molecular formula is C25H38IN3O4. The number of hydrogen-bond donors (Lipinski definition) is 3. The second-order valence-electron chi connectivity index (χ2n) is 8.58. The van der Waals surface area contributed by atoms with E-state index in [-0.39, 0.29) is 35.9 Å². The van der Waals surface area contributed by atoms with Crippen LogP contribution in [0.4, 0.5) is 0 Å². The summed E-state index contributed by atoms with van der Waals surface area (Å²) >= 11 is 0. The average molecular weight is 572 g/mol. The van der Waals surface area contributed by atoms with Crippen LogP contribution in [0.5, 0.6) is 5.75 Å². The monoisotopic (exact) mass is 571 g/mol. The van der Waals surface area contributed by atoms with Crippen LogP contribution in [0.1, 0.15) is 50.7 Å². The van der Waals surface area contributed by atoms with E-state index in [9.17, 15) is 5.11 Å². The number of benzene rings is 1. The third-order valence-electron chi connectivity index (χ3n) is 5.98. The molecule has 1 saturated heterocycles. The van der Waals surface area contributed by atoms with E-state index >= 15 is 0 Å². The Kier molecular flexibility index (Phi) is 10.5. The van der Waals surface area contributed by atoms with Gasteiger partial charge < -0.3 is 29.6 Å². The fourth-order valence-corrected chi connectivity index (χ4v) is 4.03. The number of aryl methyl sites for hydroxylation is 1. The van der Waals surface area contributed by atoms with Gasteiger partial charge in [0, 0.05) is 31.7 Å². The molecule has 184 valence electrons. The van der Waals surface area contributed by atoms with Crippen molar-refractivity contribution in [2.75, 3.05) is 39.5 Å². The molecule has 0 bridgehead atoms. The lowest BCUT2D eigenvalue weighted by atomic mass is 9.74. The summed E-state index contributed by atoms with van der Waals surface area (Å²) in [5.41, 5.74) is 0.0349. The number of hydrogen-bond acceptors (Lipinski definition) is 5. The second kappa shape index (κ2) is 12.6. The van der Waals surface area contributed by atoms with Gasteiger partial charge in [-0.15, -0.1) is 24.0 Å². The van der Waals surface area contributed by atoms with Gasteiger partial charge in [-0.2, -0.15) is 0 Å². The van der Waals surface area contributed by atoms with Gasteiger partial charge in [0.25, 0.3) is 0 Å². The Morgan fingerprint density at radius 2 is 1.82 bits per heavy atom. The number of furan rings is 1. The lowest BCUT2D eigenvalue weighted by Crippen LogP contribution is -2.48. The van der Waals surface area contributed by atoms with Crippen molar-refractivity contribution in [2.24, 2.45) is 4.99 Å². The normalized spacial score (nSPS) is 17.5. The Balaban J connectivity index is 0.00000385. The molecule has 1 aromatic heterocycles. The molecule has 0 aliphatic carbocycles. The molecule has 0 spiro atoms. The number of guanidine groups is 1. The van der Waals surface area contributed by atoms with Crippen molar-refractivity contribution in [1.29, 1.82) is 0 Å². The molecule has 3 N–H and O–H groups in total. The number of halogens is 1. The summed E-state index contributed by atoms with van der Waals surface area (Å²) in [7, 11) is 0. The predicted octanol–water partition coefficient (Wildman–Crippen LogP) is 4.12. The van der Waals surface area contributed by atoms with Gasteiger partial charge in [-0.1, -0.05) is 12.1 Å². The first-order chi connectivity index (χ1) is 15.4. The molecule has 1 atom stereocenters. The van der Waals surface area contributed by atoms with Crippen molar-refractivity contribution >= 4 is 29.9 Å². The number of nitrogens with zero attached hydrogens (tertiary/aromatic N) is 1. The van der Waals surface area contributed by atoms with E-state index in [0.29, 0.717) is 18.3 Å². The maximum atomic E-state index is 10.8. The molecule has 1 aliphatic heterocycles. The van der Waals surface area contributed by atoms with Gasteiger partial charge in [0.05, 0.1) is 13.2 Å². The minimum absolute atomic E-state index is 0. The van der Waals surface area contributed by atoms with E-state index in [1.807, 2.05) is 39.0 Å². The first kappa shape index (κ1) is 27.5. The van der Waals surface area contributed by atoms with Crippen molar-refractivity contribution in [2.45, 2.75) is 51.6 Å². The SMILES string of the molecule is CCNC(=NCC(C)(O)c1ccc(C)o1)NCC1(c2ccc(OCC)cc2)CCOCC1.I. The lowest BCUT2D eigenvalue weighted by molar-refractivity contribution is 0.0427. The largest absolute Gasteiger partial charge is 0.494 e. The van der Waals surface area contributed by atoms with E-state index in [1.165, 1.54) is 5.56 Å².